The number of aromatic nitrogens is 1. The maximum atomic E-state index is 5.29. The summed E-state index contributed by atoms with van der Waals surface area (Å²) < 4.78 is 6.20. The van der Waals surface area contributed by atoms with Gasteiger partial charge in [0, 0.05) is 16.9 Å². The molecule has 0 aliphatic rings. The van der Waals surface area contributed by atoms with Gasteiger partial charge in [0.2, 0.25) is 0 Å². The van der Waals surface area contributed by atoms with Crippen molar-refractivity contribution in [2.45, 2.75) is 5.33 Å². The molecule has 0 aliphatic heterocycles. The molecular formula is C11H9Br2NO. The Labute approximate surface area is 105 Å². The summed E-state index contributed by atoms with van der Waals surface area (Å²) in [6, 6.07) is 6.01. The second-order valence-electron chi connectivity index (χ2n) is 3.09. The first kappa shape index (κ1) is 10.9. The highest BCUT2D eigenvalue weighted by molar-refractivity contribution is 9.10. The van der Waals surface area contributed by atoms with Crippen molar-refractivity contribution >= 4 is 42.8 Å². The van der Waals surface area contributed by atoms with E-state index in [1.807, 2.05) is 12.1 Å². The van der Waals surface area contributed by atoms with Crippen LogP contribution in [0.4, 0.5) is 0 Å². The molecule has 78 valence electrons. The topological polar surface area (TPSA) is 22.1 Å². The number of benzene rings is 1. The predicted octanol–water partition coefficient (Wildman–Crippen LogP) is 3.90. The Balaban J connectivity index is 2.84. The van der Waals surface area contributed by atoms with E-state index in [1.165, 1.54) is 5.56 Å². The average Bonchev–Trinajstić information content (AvgIpc) is 2.30. The highest BCUT2D eigenvalue weighted by Gasteiger charge is 2.10. The Morgan fingerprint density at radius 1 is 1.47 bits per heavy atom. The molecular weight excluding hydrogens is 322 g/mol. The van der Waals surface area contributed by atoms with E-state index in [2.05, 4.69) is 42.9 Å². The molecule has 2 rings (SSSR count). The highest BCUT2D eigenvalue weighted by Crippen LogP contribution is 2.34. The fourth-order valence-electron chi connectivity index (χ4n) is 1.51. The lowest BCUT2D eigenvalue weighted by Gasteiger charge is -2.09. The van der Waals surface area contributed by atoms with E-state index in [0.717, 1.165) is 26.5 Å². The number of nitrogens with zero attached hydrogens (tertiary/aromatic N) is 1. The van der Waals surface area contributed by atoms with E-state index in [-0.39, 0.29) is 0 Å². The lowest BCUT2D eigenvalue weighted by atomic mass is 10.1. The smallest absolute Gasteiger partial charge is 0.135 e. The predicted molar refractivity (Wildman–Crippen MR) is 68.6 cm³/mol. The first-order valence-corrected chi connectivity index (χ1v) is 6.35. The van der Waals surface area contributed by atoms with Gasteiger partial charge in [-0.15, -0.1) is 0 Å². The van der Waals surface area contributed by atoms with E-state index >= 15 is 0 Å². The van der Waals surface area contributed by atoms with Crippen LogP contribution in [0, 0.1) is 0 Å². The fourth-order valence-corrected chi connectivity index (χ4v) is 2.57. The highest BCUT2D eigenvalue weighted by atomic mass is 79.9. The number of alkyl halides is 1. The summed E-state index contributed by atoms with van der Waals surface area (Å²) in [5, 5.41) is 1.93. The lowest BCUT2D eigenvalue weighted by Crippen LogP contribution is -1.91. The zero-order valence-electron chi connectivity index (χ0n) is 8.13. The van der Waals surface area contributed by atoms with Crippen LogP contribution < -0.4 is 4.74 Å². The monoisotopic (exact) mass is 329 g/mol. The lowest BCUT2D eigenvalue weighted by molar-refractivity contribution is 0.412. The van der Waals surface area contributed by atoms with Crippen molar-refractivity contribution in [1.82, 2.24) is 4.98 Å². The summed E-state index contributed by atoms with van der Waals surface area (Å²) in [6.45, 7) is 0. The van der Waals surface area contributed by atoms with Gasteiger partial charge in [-0.2, -0.15) is 0 Å². The number of fused-ring (bicyclic) bond motifs is 1. The van der Waals surface area contributed by atoms with E-state index in [0.29, 0.717) is 0 Å². The van der Waals surface area contributed by atoms with E-state index in [1.54, 1.807) is 13.3 Å². The van der Waals surface area contributed by atoms with Gasteiger partial charge in [-0.25, -0.2) is 0 Å². The minimum Gasteiger partial charge on any atom is -0.495 e. The minimum atomic E-state index is 0.791. The van der Waals surface area contributed by atoms with Crippen molar-refractivity contribution < 1.29 is 4.74 Å². The molecule has 1 aromatic carbocycles. The molecule has 0 atom stereocenters. The normalized spacial score (nSPS) is 10.6. The van der Waals surface area contributed by atoms with E-state index in [4.69, 9.17) is 4.74 Å². The largest absolute Gasteiger partial charge is 0.495 e. The molecule has 0 saturated carbocycles. The summed E-state index contributed by atoms with van der Waals surface area (Å²) in [5.74, 6) is 0.815. The van der Waals surface area contributed by atoms with Gasteiger partial charge in [0.1, 0.15) is 5.75 Å². The number of rotatable bonds is 2. The van der Waals surface area contributed by atoms with Gasteiger partial charge in [0.15, 0.2) is 0 Å². The van der Waals surface area contributed by atoms with Crippen molar-refractivity contribution in [2.75, 3.05) is 7.11 Å². The second-order valence-corrected chi connectivity index (χ2v) is 4.44. The van der Waals surface area contributed by atoms with Gasteiger partial charge in [-0.3, -0.25) is 4.98 Å². The molecule has 1 heterocycles. The van der Waals surface area contributed by atoms with Crippen LogP contribution in [0.1, 0.15) is 5.56 Å². The summed E-state index contributed by atoms with van der Waals surface area (Å²) >= 11 is 6.97. The zero-order chi connectivity index (χ0) is 10.8. The molecule has 2 nitrogen and oxygen atoms in total. The van der Waals surface area contributed by atoms with E-state index in [9.17, 15) is 0 Å². The SMILES string of the molecule is COc1cc(CBr)c2cccnc2c1Br. The molecule has 0 N–H and O–H groups in total. The van der Waals surface area contributed by atoms with Crippen molar-refractivity contribution in [2.24, 2.45) is 0 Å². The van der Waals surface area contributed by atoms with Gasteiger partial charge >= 0.3 is 0 Å². The van der Waals surface area contributed by atoms with Crippen LogP contribution in [0.5, 0.6) is 5.75 Å². The summed E-state index contributed by atoms with van der Waals surface area (Å²) in [7, 11) is 1.66. The van der Waals surface area contributed by atoms with Crippen molar-refractivity contribution in [1.29, 1.82) is 0 Å². The Morgan fingerprint density at radius 2 is 2.27 bits per heavy atom. The van der Waals surface area contributed by atoms with Crippen molar-refractivity contribution in [3.05, 3.63) is 34.4 Å². The molecule has 0 bridgehead atoms. The Hall–Kier alpha value is -0.610. The maximum Gasteiger partial charge on any atom is 0.135 e. The third-order valence-corrected chi connectivity index (χ3v) is 3.62. The molecule has 0 saturated heterocycles. The standard InChI is InChI=1S/C11H9Br2NO/c1-15-9-5-7(6-12)8-3-2-4-14-11(8)10(9)13/h2-5H,6H2,1H3. The van der Waals surface area contributed by atoms with Gasteiger partial charge in [-0.05, 0) is 33.6 Å². The number of hydrogen-bond donors (Lipinski definition) is 0. The van der Waals surface area contributed by atoms with Gasteiger partial charge in [0.05, 0.1) is 17.1 Å². The van der Waals surface area contributed by atoms with Gasteiger partial charge < -0.3 is 4.74 Å². The first-order valence-electron chi connectivity index (χ1n) is 4.44. The minimum absolute atomic E-state index is 0.791. The summed E-state index contributed by atoms with van der Waals surface area (Å²) in [5.41, 5.74) is 2.12. The van der Waals surface area contributed by atoms with Gasteiger partial charge in [0.25, 0.3) is 0 Å². The molecule has 4 heteroatoms. The molecule has 0 aliphatic carbocycles. The number of halogens is 2. The molecule has 0 spiro atoms. The Bertz CT molecular complexity index is 499. The molecule has 0 radical (unpaired) electrons. The van der Waals surface area contributed by atoms with Crippen LogP contribution in [0.15, 0.2) is 28.9 Å². The Morgan fingerprint density at radius 3 is 2.93 bits per heavy atom. The first-order chi connectivity index (χ1) is 7.27. The quantitative estimate of drug-likeness (QED) is 0.779. The molecule has 2 aromatic rings. The van der Waals surface area contributed by atoms with Crippen LogP contribution in [0.2, 0.25) is 0 Å². The average molecular weight is 331 g/mol. The molecule has 0 fully saturated rings. The van der Waals surface area contributed by atoms with E-state index < -0.39 is 0 Å². The fraction of sp³-hybridized carbons (Fsp3) is 0.182. The van der Waals surface area contributed by atoms with Crippen LogP contribution in [-0.4, -0.2) is 12.1 Å². The Kier molecular flexibility index (Phi) is 3.26. The molecule has 0 unspecified atom stereocenters. The number of methoxy groups -OCH3 is 1. The molecule has 15 heavy (non-hydrogen) atoms. The molecule has 0 amide bonds. The van der Waals surface area contributed by atoms with Crippen LogP contribution in [0.3, 0.4) is 0 Å². The maximum absolute atomic E-state index is 5.29. The zero-order valence-corrected chi connectivity index (χ0v) is 11.3. The van der Waals surface area contributed by atoms with Crippen LogP contribution in [-0.2, 0) is 5.33 Å². The number of hydrogen-bond acceptors (Lipinski definition) is 2. The third kappa shape index (κ3) is 1.88. The summed E-state index contributed by atoms with van der Waals surface area (Å²) in [6.07, 6.45) is 1.78. The third-order valence-electron chi connectivity index (χ3n) is 2.25. The summed E-state index contributed by atoms with van der Waals surface area (Å²) in [4.78, 5) is 4.35. The number of pyridine rings is 1. The molecule has 1 aromatic heterocycles. The number of ether oxygens (including phenoxy) is 1. The van der Waals surface area contributed by atoms with Crippen molar-refractivity contribution in [3.63, 3.8) is 0 Å². The van der Waals surface area contributed by atoms with Crippen LogP contribution >= 0.6 is 31.9 Å². The van der Waals surface area contributed by atoms with Gasteiger partial charge in [-0.1, -0.05) is 22.0 Å². The van der Waals surface area contributed by atoms with Crippen LogP contribution in [0.25, 0.3) is 10.9 Å². The van der Waals surface area contributed by atoms with Crippen molar-refractivity contribution in [3.8, 4) is 5.75 Å². The second kappa shape index (κ2) is 4.49.